The van der Waals surface area contributed by atoms with Crippen molar-refractivity contribution in [2.24, 2.45) is 17.8 Å². The second-order valence-electron chi connectivity index (χ2n) is 4.59. The van der Waals surface area contributed by atoms with Crippen LogP contribution in [-0.2, 0) is 4.79 Å². The van der Waals surface area contributed by atoms with Crippen molar-refractivity contribution in [1.29, 1.82) is 0 Å². The number of hydrogen-bond donors (Lipinski definition) is 0. The number of rotatable bonds is 1. The molecule has 1 nitrogen and oxygen atoms in total. The van der Waals surface area contributed by atoms with Gasteiger partial charge in [0.15, 0.2) is 5.78 Å². The molecular formula is C14H13ClO. The van der Waals surface area contributed by atoms with Gasteiger partial charge in [-0.2, -0.15) is 0 Å². The molecule has 0 saturated carbocycles. The predicted octanol–water partition coefficient (Wildman–Crippen LogP) is 3.04. The van der Waals surface area contributed by atoms with Crippen molar-refractivity contribution in [1.82, 2.24) is 0 Å². The minimum absolute atomic E-state index is 0.154. The Kier molecular flexibility index (Phi) is 2.36. The summed E-state index contributed by atoms with van der Waals surface area (Å²) in [5.74, 6) is 1.69. The Labute approximate surface area is 100 Å². The Bertz CT molecular complexity index is 453. The minimum Gasteiger partial charge on any atom is -0.289 e. The zero-order valence-corrected chi connectivity index (χ0v) is 9.65. The number of Topliss-reactive ketones (excluding diaryl/α,β-unsaturated/α-hetero) is 1. The van der Waals surface area contributed by atoms with E-state index in [-0.39, 0.29) is 5.78 Å². The maximum absolute atomic E-state index is 12.1. The van der Waals surface area contributed by atoms with Crippen molar-refractivity contribution < 1.29 is 4.79 Å². The van der Waals surface area contributed by atoms with Crippen molar-refractivity contribution >= 4 is 17.4 Å². The molecule has 16 heavy (non-hydrogen) atoms. The minimum atomic E-state index is 0.154. The van der Waals surface area contributed by atoms with Crippen LogP contribution < -0.4 is 0 Å². The van der Waals surface area contributed by atoms with Gasteiger partial charge in [0.2, 0.25) is 0 Å². The molecule has 0 fully saturated rings. The molecule has 0 radical (unpaired) electrons. The molecule has 3 atom stereocenters. The zero-order chi connectivity index (χ0) is 11.1. The molecule has 3 aliphatic rings. The number of halogens is 1. The van der Waals surface area contributed by atoms with E-state index in [1.54, 1.807) is 0 Å². The first kappa shape index (κ1) is 10.1. The molecule has 0 spiro atoms. The molecule has 3 aliphatic carbocycles. The summed E-state index contributed by atoms with van der Waals surface area (Å²) in [6.45, 7) is 0. The molecule has 0 amide bonds. The fourth-order valence-electron chi connectivity index (χ4n) is 2.98. The van der Waals surface area contributed by atoms with E-state index >= 15 is 0 Å². The van der Waals surface area contributed by atoms with Crippen molar-refractivity contribution in [3.8, 4) is 0 Å². The lowest BCUT2D eigenvalue weighted by molar-refractivity contribution is -0.113. The smallest absolute Gasteiger partial charge is 0.186 e. The highest BCUT2D eigenvalue weighted by Crippen LogP contribution is 2.43. The fraction of sp³-hybridized carbons (Fsp3) is 0.357. The Balaban J connectivity index is 2.12. The number of hydrogen-bond acceptors (Lipinski definition) is 1. The number of carbonyl (C=O) groups excluding carboxylic acids is 1. The molecule has 0 saturated heterocycles. The maximum Gasteiger partial charge on any atom is 0.186 e. The standard InChI is InChI=1S/C14H13ClO/c15-8-11-7-10-5-1-3-9-4-2-6-12(13(9)10)14(11)16/h1-2,4-7,9-10,13H,3,8H2. The monoisotopic (exact) mass is 232 g/mol. The lowest BCUT2D eigenvalue weighted by Crippen LogP contribution is -2.34. The quantitative estimate of drug-likeness (QED) is 0.502. The molecule has 0 aromatic carbocycles. The van der Waals surface area contributed by atoms with Crippen LogP contribution in [0.5, 0.6) is 0 Å². The summed E-state index contributed by atoms with van der Waals surface area (Å²) < 4.78 is 0. The van der Waals surface area contributed by atoms with Crippen molar-refractivity contribution in [2.45, 2.75) is 6.42 Å². The number of alkyl halides is 1. The van der Waals surface area contributed by atoms with E-state index in [0.717, 1.165) is 17.6 Å². The number of ketones is 1. The van der Waals surface area contributed by atoms with Crippen LogP contribution in [0.15, 0.2) is 47.6 Å². The summed E-state index contributed by atoms with van der Waals surface area (Å²) in [5, 5.41) is 0. The molecular weight excluding hydrogens is 220 g/mol. The van der Waals surface area contributed by atoms with Gasteiger partial charge in [0.05, 0.1) is 5.88 Å². The molecule has 0 N–H and O–H groups in total. The third-order valence-corrected chi connectivity index (χ3v) is 4.02. The Morgan fingerprint density at radius 3 is 3.06 bits per heavy atom. The first-order valence-electron chi connectivity index (χ1n) is 5.67. The number of allylic oxidation sites excluding steroid dienone is 8. The molecule has 3 rings (SSSR count). The van der Waals surface area contributed by atoms with Crippen molar-refractivity contribution in [3.05, 3.63) is 47.6 Å². The fourth-order valence-corrected chi connectivity index (χ4v) is 3.19. The van der Waals surface area contributed by atoms with E-state index in [2.05, 4.69) is 24.3 Å². The molecule has 0 aromatic heterocycles. The van der Waals surface area contributed by atoms with E-state index < -0.39 is 0 Å². The molecule has 0 heterocycles. The Morgan fingerprint density at radius 2 is 2.25 bits per heavy atom. The SMILES string of the molecule is O=C1C(CCl)=CC2C=CCC3C=CC=C1C23. The summed E-state index contributed by atoms with van der Waals surface area (Å²) in [5.41, 5.74) is 1.72. The van der Waals surface area contributed by atoms with Crippen LogP contribution in [0.4, 0.5) is 0 Å². The summed E-state index contributed by atoms with van der Waals surface area (Å²) in [6, 6.07) is 0. The van der Waals surface area contributed by atoms with Crippen LogP contribution in [-0.4, -0.2) is 11.7 Å². The second kappa shape index (κ2) is 3.74. The lowest BCUT2D eigenvalue weighted by Gasteiger charge is -2.38. The summed E-state index contributed by atoms with van der Waals surface area (Å²) in [7, 11) is 0. The average molecular weight is 233 g/mol. The summed E-state index contributed by atoms with van der Waals surface area (Å²) in [6.07, 6.45) is 13.7. The molecule has 0 aliphatic heterocycles. The lowest BCUT2D eigenvalue weighted by atomic mass is 9.65. The van der Waals surface area contributed by atoms with Crippen LogP contribution in [0, 0.1) is 17.8 Å². The van der Waals surface area contributed by atoms with Gasteiger partial charge in [-0.15, -0.1) is 11.6 Å². The van der Waals surface area contributed by atoms with E-state index in [1.807, 2.05) is 12.2 Å². The third-order valence-electron chi connectivity index (χ3n) is 3.73. The average Bonchev–Trinajstić information content (AvgIpc) is 2.33. The summed E-state index contributed by atoms with van der Waals surface area (Å²) >= 11 is 5.82. The second-order valence-corrected chi connectivity index (χ2v) is 4.86. The van der Waals surface area contributed by atoms with Gasteiger partial charge >= 0.3 is 0 Å². The molecule has 82 valence electrons. The van der Waals surface area contributed by atoms with E-state index in [4.69, 9.17) is 11.6 Å². The van der Waals surface area contributed by atoms with Crippen LogP contribution >= 0.6 is 11.6 Å². The predicted molar refractivity (Wildman–Crippen MR) is 65.3 cm³/mol. The topological polar surface area (TPSA) is 17.1 Å². The molecule has 0 aromatic rings. The van der Waals surface area contributed by atoms with Gasteiger partial charge in [0.1, 0.15) is 0 Å². The Hall–Kier alpha value is -1.08. The van der Waals surface area contributed by atoms with E-state index in [0.29, 0.717) is 23.6 Å². The first-order chi connectivity index (χ1) is 7.81. The van der Waals surface area contributed by atoms with Crippen molar-refractivity contribution in [2.75, 3.05) is 5.88 Å². The van der Waals surface area contributed by atoms with Gasteiger partial charge in [-0.25, -0.2) is 0 Å². The van der Waals surface area contributed by atoms with Crippen LogP contribution in [0.2, 0.25) is 0 Å². The van der Waals surface area contributed by atoms with Gasteiger partial charge in [0, 0.05) is 23.0 Å². The van der Waals surface area contributed by atoms with E-state index in [9.17, 15) is 4.79 Å². The molecule has 2 heteroatoms. The highest BCUT2D eigenvalue weighted by molar-refractivity contribution is 6.25. The van der Waals surface area contributed by atoms with Crippen LogP contribution in [0.1, 0.15) is 6.42 Å². The van der Waals surface area contributed by atoms with E-state index in [1.165, 1.54) is 0 Å². The normalized spacial score (nSPS) is 35.6. The van der Waals surface area contributed by atoms with Crippen LogP contribution in [0.25, 0.3) is 0 Å². The van der Waals surface area contributed by atoms with Gasteiger partial charge in [0.25, 0.3) is 0 Å². The largest absolute Gasteiger partial charge is 0.289 e. The Morgan fingerprint density at radius 1 is 1.38 bits per heavy atom. The van der Waals surface area contributed by atoms with Gasteiger partial charge < -0.3 is 0 Å². The molecule has 0 bridgehead atoms. The highest BCUT2D eigenvalue weighted by Gasteiger charge is 2.39. The third kappa shape index (κ3) is 1.35. The van der Waals surface area contributed by atoms with Gasteiger partial charge in [-0.3, -0.25) is 4.79 Å². The highest BCUT2D eigenvalue weighted by atomic mass is 35.5. The van der Waals surface area contributed by atoms with Gasteiger partial charge in [-0.05, 0) is 12.3 Å². The van der Waals surface area contributed by atoms with Gasteiger partial charge in [-0.1, -0.05) is 36.5 Å². The zero-order valence-electron chi connectivity index (χ0n) is 8.90. The van der Waals surface area contributed by atoms with Crippen molar-refractivity contribution in [3.63, 3.8) is 0 Å². The van der Waals surface area contributed by atoms with Crippen LogP contribution in [0.3, 0.4) is 0 Å². The summed E-state index contributed by atoms with van der Waals surface area (Å²) in [4.78, 5) is 12.1. The molecule has 3 unspecified atom stereocenters. The number of carbonyl (C=O) groups is 1. The first-order valence-corrected chi connectivity index (χ1v) is 6.21. The maximum atomic E-state index is 12.1.